The van der Waals surface area contributed by atoms with E-state index in [0.29, 0.717) is 29.5 Å². The number of nitrogens with zero attached hydrogens (tertiary/aromatic N) is 2. The molecule has 2 aromatic carbocycles. The van der Waals surface area contributed by atoms with Crippen LogP contribution in [0.2, 0.25) is 5.02 Å². The molecule has 1 saturated heterocycles. The number of ether oxygens (including phenoxy) is 1. The van der Waals surface area contributed by atoms with Gasteiger partial charge in [-0.1, -0.05) is 18.0 Å². The Morgan fingerprint density at radius 1 is 1.21 bits per heavy atom. The average Bonchev–Trinajstić information content (AvgIpc) is 3.22. The van der Waals surface area contributed by atoms with Gasteiger partial charge >= 0.3 is 0 Å². The highest BCUT2D eigenvalue weighted by atomic mass is 35.5. The van der Waals surface area contributed by atoms with Crippen molar-refractivity contribution in [3.8, 4) is 5.75 Å². The van der Waals surface area contributed by atoms with Crippen molar-refractivity contribution in [3.05, 3.63) is 53.2 Å². The zero-order chi connectivity index (χ0) is 23.4. The zero-order valence-electron chi connectivity index (χ0n) is 18.0. The van der Waals surface area contributed by atoms with Crippen LogP contribution in [-0.2, 0) is 10.0 Å². The molecule has 0 radical (unpaired) electrons. The summed E-state index contributed by atoms with van der Waals surface area (Å²) in [5, 5.41) is 8.68. The van der Waals surface area contributed by atoms with Crippen LogP contribution in [0.25, 0.3) is 10.9 Å². The van der Waals surface area contributed by atoms with E-state index in [1.165, 1.54) is 0 Å². The topological polar surface area (TPSA) is 98.8 Å². The SMILES string of the molecule is COc1ccc(NC(=S)N/N=C/c2c[nH]c3ccc(S(=O)(=O)N4CCCCC4)cc23)cc1Cl. The van der Waals surface area contributed by atoms with E-state index >= 15 is 0 Å². The van der Waals surface area contributed by atoms with Crippen LogP contribution in [0.3, 0.4) is 0 Å². The van der Waals surface area contributed by atoms with Crippen LogP contribution in [0, 0.1) is 0 Å². The zero-order valence-corrected chi connectivity index (χ0v) is 20.4. The van der Waals surface area contributed by atoms with Gasteiger partial charge in [-0.05, 0) is 61.5 Å². The van der Waals surface area contributed by atoms with Crippen molar-refractivity contribution in [2.24, 2.45) is 5.10 Å². The van der Waals surface area contributed by atoms with Crippen LogP contribution in [0.1, 0.15) is 24.8 Å². The molecule has 11 heteroatoms. The Hall–Kier alpha value is -2.66. The number of halogens is 1. The lowest BCUT2D eigenvalue weighted by molar-refractivity contribution is 0.346. The largest absolute Gasteiger partial charge is 0.495 e. The standard InChI is InChI=1S/C22H24ClN5O3S2/c1-31-21-8-5-16(11-19(21)23)26-22(32)27-25-14-15-13-24-20-7-6-17(12-18(15)20)33(29,30)28-9-3-2-4-10-28/h5-8,11-14,24H,2-4,9-10H2,1H3,(H2,26,27,32)/b25-14+. The first-order valence-electron chi connectivity index (χ1n) is 10.4. The molecule has 0 bridgehead atoms. The molecule has 33 heavy (non-hydrogen) atoms. The summed E-state index contributed by atoms with van der Waals surface area (Å²) < 4.78 is 32.8. The number of anilines is 1. The highest BCUT2D eigenvalue weighted by Gasteiger charge is 2.26. The first kappa shape index (κ1) is 23.5. The van der Waals surface area contributed by atoms with E-state index in [2.05, 4.69) is 20.8 Å². The Kier molecular flexibility index (Phi) is 7.18. The number of thiocarbonyl (C=S) groups is 1. The molecule has 1 aliphatic rings. The van der Waals surface area contributed by atoms with Gasteiger partial charge < -0.3 is 15.0 Å². The summed E-state index contributed by atoms with van der Waals surface area (Å²) in [6.07, 6.45) is 6.22. The second kappa shape index (κ2) is 10.1. The number of fused-ring (bicyclic) bond motifs is 1. The van der Waals surface area contributed by atoms with Crippen molar-refractivity contribution in [2.75, 3.05) is 25.5 Å². The summed E-state index contributed by atoms with van der Waals surface area (Å²) in [4.78, 5) is 3.42. The maximum atomic E-state index is 13.0. The predicted octanol–water partition coefficient (Wildman–Crippen LogP) is 4.33. The summed E-state index contributed by atoms with van der Waals surface area (Å²) in [5.41, 5.74) is 5.00. The molecular weight excluding hydrogens is 482 g/mol. The smallest absolute Gasteiger partial charge is 0.243 e. The number of sulfonamides is 1. The lowest BCUT2D eigenvalue weighted by Gasteiger charge is -2.25. The van der Waals surface area contributed by atoms with Gasteiger partial charge in [0.2, 0.25) is 10.0 Å². The number of piperidine rings is 1. The molecule has 0 spiro atoms. The molecule has 1 fully saturated rings. The summed E-state index contributed by atoms with van der Waals surface area (Å²) >= 11 is 11.4. The minimum absolute atomic E-state index is 0.278. The molecular formula is C22H24ClN5O3S2. The van der Waals surface area contributed by atoms with Gasteiger partial charge in [-0.3, -0.25) is 5.43 Å². The fourth-order valence-electron chi connectivity index (χ4n) is 3.71. The minimum atomic E-state index is -3.52. The van der Waals surface area contributed by atoms with Gasteiger partial charge in [-0.2, -0.15) is 9.41 Å². The number of nitrogens with one attached hydrogen (secondary N) is 3. The van der Waals surface area contributed by atoms with Gasteiger partial charge in [0.15, 0.2) is 5.11 Å². The Bertz CT molecular complexity index is 1300. The van der Waals surface area contributed by atoms with E-state index < -0.39 is 10.0 Å². The third kappa shape index (κ3) is 5.30. The van der Waals surface area contributed by atoms with Crippen molar-refractivity contribution >= 4 is 61.8 Å². The highest BCUT2D eigenvalue weighted by Crippen LogP contribution is 2.27. The van der Waals surface area contributed by atoms with Crippen LogP contribution >= 0.6 is 23.8 Å². The summed E-state index contributed by atoms with van der Waals surface area (Å²) in [5.74, 6) is 0.570. The van der Waals surface area contributed by atoms with Crippen LogP contribution < -0.4 is 15.5 Å². The van der Waals surface area contributed by atoms with Gasteiger partial charge in [0, 0.05) is 41.4 Å². The second-order valence-electron chi connectivity index (χ2n) is 7.59. The van der Waals surface area contributed by atoms with Crippen molar-refractivity contribution in [2.45, 2.75) is 24.2 Å². The van der Waals surface area contributed by atoms with Crippen molar-refractivity contribution in [1.82, 2.24) is 14.7 Å². The monoisotopic (exact) mass is 505 g/mol. The molecule has 174 valence electrons. The quantitative estimate of drug-likeness (QED) is 0.262. The molecule has 1 aliphatic heterocycles. The molecule has 0 atom stereocenters. The number of benzene rings is 2. The number of H-pyrrole nitrogens is 1. The van der Waals surface area contributed by atoms with Gasteiger partial charge in [0.1, 0.15) is 5.75 Å². The summed E-state index contributed by atoms with van der Waals surface area (Å²) in [7, 11) is -1.97. The van der Waals surface area contributed by atoms with Gasteiger partial charge in [0.25, 0.3) is 0 Å². The maximum Gasteiger partial charge on any atom is 0.243 e. The average molecular weight is 506 g/mol. The lowest BCUT2D eigenvalue weighted by atomic mass is 10.2. The first-order valence-corrected chi connectivity index (χ1v) is 12.7. The molecule has 0 aliphatic carbocycles. The molecule has 1 aromatic heterocycles. The molecule has 2 heterocycles. The summed E-state index contributed by atoms with van der Waals surface area (Å²) in [6, 6.07) is 10.3. The van der Waals surface area contributed by atoms with E-state index in [0.717, 1.165) is 35.7 Å². The molecule has 0 saturated carbocycles. The van der Waals surface area contributed by atoms with Crippen molar-refractivity contribution in [1.29, 1.82) is 0 Å². The third-order valence-corrected chi connectivity index (χ3v) is 7.80. The van der Waals surface area contributed by atoms with Crippen molar-refractivity contribution in [3.63, 3.8) is 0 Å². The van der Waals surface area contributed by atoms with E-state index in [4.69, 9.17) is 28.6 Å². The predicted molar refractivity (Wildman–Crippen MR) is 136 cm³/mol. The first-order chi connectivity index (χ1) is 15.9. The van der Waals surface area contributed by atoms with Gasteiger partial charge in [0.05, 0.1) is 23.2 Å². The molecule has 8 nitrogen and oxygen atoms in total. The Morgan fingerprint density at radius 2 is 2.00 bits per heavy atom. The molecule has 3 aromatic rings. The van der Waals surface area contributed by atoms with Crippen LogP contribution in [0.15, 0.2) is 52.6 Å². The number of hydrogen-bond donors (Lipinski definition) is 3. The highest BCUT2D eigenvalue weighted by molar-refractivity contribution is 7.89. The molecule has 3 N–H and O–H groups in total. The number of aromatic amines is 1. The normalized spacial score (nSPS) is 15.1. The number of methoxy groups -OCH3 is 1. The number of hydrazone groups is 1. The Morgan fingerprint density at radius 3 is 2.73 bits per heavy atom. The number of aromatic nitrogens is 1. The Balaban J connectivity index is 1.46. The van der Waals surface area contributed by atoms with Crippen molar-refractivity contribution < 1.29 is 13.2 Å². The fourth-order valence-corrected chi connectivity index (χ4v) is 5.68. The van der Waals surface area contributed by atoms with Crippen LogP contribution in [0.4, 0.5) is 5.69 Å². The third-order valence-electron chi connectivity index (χ3n) is 5.42. The number of rotatable bonds is 6. The van der Waals surface area contributed by atoms with Gasteiger partial charge in [-0.25, -0.2) is 8.42 Å². The molecule has 0 amide bonds. The van der Waals surface area contributed by atoms with E-state index in [9.17, 15) is 8.42 Å². The van der Waals surface area contributed by atoms with E-state index in [-0.39, 0.29) is 10.0 Å². The van der Waals surface area contributed by atoms with Gasteiger partial charge in [-0.15, -0.1) is 0 Å². The minimum Gasteiger partial charge on any atom is -0.495 e. The molecule has 4 rings (SSSR count). The lowest BCUT2D eigenvalue weighted by Crippen LogP contribution is -2.35. The maximum absolute atomic E-state index is 13.0. The fraction of sp³-hybridized carbons (Fsp3) is 0.273. The molecule has 0 unspecified atom stereocenters. The Labute approximate surface area is 203 Å². The van der Waals surface area contributed by atoms with Crippen LogP contribution in [0.5, 0.6) is 5.75 Å². The number of hydrogen-bond acceptors (Lipinski definition) is 5. The van der Waals surface area contributed by atoms with E-state index in [1.54, 1.807) is 60.2 Å². The second-order valence-corrected chi connectivity index (χ2v) is 10.3. The van der Waals surface area contributed by atoms with E-state index in [1.807, 2.05) is 0 Å². The summed E-state index contributed by atoms with van der Waals surface area (Å²) in [6.45, 7) is 1.13. The van der Waals surface area contributed by atoms with Crippen LogP contribution in [-0.4, -0.2) is 49.2 Å².